The molecule has 2 unspecified atom stereocenters. The number of carbonyl (C=O) groups is 1. The molecule has 2 atom stereocenters. The molecule has 1 aromatic rings. The molecule has 0 saturated heterocycles. The third-order valence-electron chi connectivity index (χ3n) is 2.24. The Bertz CT molecular complexity index is 469. The molecule has 17 heavy (non-hydrogen) atoms. The number of carboxylic acid groups (broad SMARTS) is 1. The van der Waals surface area contributed by atoms with Gasteiger partial charge in [0.1, 0.15) is 6.10 Å². The minimum absolute atomic E-state index is 0.00671. The average Bonchev–Trinajstić information content (AvgIpc) is 2.27. The molecule has 0 aliphatic carbocycles. The Morgan fingerprint density at radius 3 is 2.65 bits per heavy atom. The molecule has 3 N–H and O–H groups in total. The predicted molar refractivity (Wildman–Crippen MR) is 59.6 cm³/mol. The molecule has 0 radical (unpaired) electrons. The monoisotopic (exact) mass is 255 g/mol. The van der Waals surface area contributed by atoms with Crippen molar-refractivity contribution < 1.29 is 20.1 Å². The summed E-state index contributed by atoms with van der Waals surface area (Å²) in [6.07, 6.45) is -3.11. The van der Waals surface area contributed by atoms with E-state index in [0.29, 0.717) is 0 Å². The van der Waals surface area contributed by atoms with Crippen LogP contribution in [0.2, 0.25) is 5.02 Å². The molecule has 6 heteroatoms. The van der Waals surface area contributed by atoms with Gasteiger partial charge >= 0.3 is 5.97 Å². The van der Waals surface area contributed by atoms with Crippen LogP contribution in [0.25, 0.3) is 0 Å². The van der Waals surface area contributed by atoms with Gasteiger partial charge in [0, 0.05) is 0 Å². The molecule has 1 rings (SSSR count). The van der Waals surface area contributed by atoms with E-state index in [4.69, 9.17) is 22.0 Å². The van der Waals surface area contributed by atoms with Gasteiger partial charge in [0.15, 0.2) is 0 Å². The summed E-state index contributed by atoms with van der Waals surface area (Å²) in [7, 11) is 0. The zero-order valence-electron chi connectivity index (χ0n) is 8.67. The van der Waals surface area contributed by atoms with Crippen LogP contribution >= 0.6 is 11.6 Å². The molecule has 0 aliphatic rings. The molecule has 0 fully saturated rings. The minimum atomic E-state index is -1.46. The van der Waals surface area contributed by atoms with Crippen molar-refractivity contribution in [3.8, 4) is 6.07 Å². The first kappa shape index (κ1) is 13.5. The maximum Gasteiger partial charge on any atom is 0.337 e. The molecule has 90 valence electrons. The van der Waals surface area contributed by atoms with Crippen LogP contribution in [0.3, 0.4) is 0 Å². The molecule has 0 bridgehead atoms. The fourth-order valence-electron chi connectivity index (χ4n) is 1.43. The quantitative estimate of drug-likeness (QED) is 0.754. The van der Waals surface area contributed by atoms with Gasteiger partial charge in [0.25, 0.3) is 0 Å². The van der Waals surface area contributed by atoms with Crippen LogP contribution in [0.5, 0.6) is 0 Å². The second-order valence-electron chi connectivity index (χ2n) is 3.38. The maximum absolute atomic E-state index is 11.0. The summed E-state index contributed by atoms with van der Waals surface area (Å²) in [5.41, 5.74) is -0.272. The van der Waals surface area contributed by atoms with Gasteiger partial charge < -0.3 is 15.3 Å². The molecule has 0 aromatic heterocycles. The molecule has 5 nitrogen and oxygen atoms in total. The summed E-state index contributed by atoms with van der Waals surface area (Å²) in [5.74, 6) is -1.30. The minimum Gasteiger partial charge on any atom is -0.478 e. The van der Waals surface area contributed by atoms with E-state index in [-0.39, 0.29) is 22.6 Å². The first-order valence-electron chi connectivity index (χ1n) is 4.73. The fraction of sp³-hybridized carbons (Fsp3) is 0.273. The predicted octanol–water partition coefficient (Wildman–Crippen LogP) is 1.35. The Labute approximate surface area is 102 Å². The van der Waals surface area contributed by atoms with E-state index in [2.05, 4.69) is 0 Å². The lowest BCUT2D eigenvalue weighted by molar-refractivity contribution is 0.0205. The molecule has 1 aromatic carbocycles. The van der Waals surface area contributed by atoms with Crippen LogP contribution < -0.4 is 0 Å². The van der Waals surface area contributed by atoms with Crippen LogP contribution in [0.15, 0.2) is 18.2 Å². The molecule has 0 aliphatic heterocycles. The van der Waals surface area contributed by atoms with Gasteiger partial charge in [-0.1, -0.05) is 23.7 Å². The zero-order valence-corrected chi connectivity index (χ0v) is 9.42. The van der Waals surface area contributed by atoms with E-state index < -0.39 is 18.2 Å². The van der Waals surface area contributed by atoms with Gasteiger partial charge in [0.05, 0.1) is 29.2 Å². The van der Waals surface area contributed by atoms with Crippen LogP contribution in [0.4, 0.5) is 0 Å². The highest BCUT2D eigenvalue weighted by molar-refractivity contribution is 6.33. The standard InChI is InChI=1S/C11H10ClNO4/c12-7-3-1-2-6(9(7)11(16)17)10(15)8(14)4-5-13/h1-3,8,10,14-15H,4H2,(H,16,17). The first-order chi connectivity index (χ1) is 7.99. The lowest BCUT2D eigenvalue weighted by Crippen LogP contribution is -2.20. The van der Waals surface area contributed by atoms with Gasteiger partial charge in [-0.25, -0.2) is 4.79 Å². The molecule has 0 amide bonds. The van der Waals surface area contributed by atoms with Crippen molar-refractivity contribution in [1.29, 1.82) is 5.26 Å². The van der Waals surface area contributed by atoms with Gasteiger partial charge in [-0.2, -0.15) is 5.26 Å². The molecular formula is C11H10ClNO4. The zero-order chi connectivity index (χ0) is 13.0. The summed E-state index contributed by atoms with van der Waals surface area (Å²) >= 11 is 5.71. The van der Waals surface area contributed by atoms with E-state index >= 15 is 0 Å². The lowest BCUT2D eigenvalue weighted by atomic mass is 9.97. The number of nitriles is 1. The van der Waals surface area contributed by atoms with Gasteiger partial charge in [-0.15, -0.1) is 0 Å². The second-order valence-corrected chi connectivity index (χ2v) is 3.79. The number of aromatic carboxylic acids is 1. The maximum atomic E-state index is 11.0. The van der Waals surface area contributed by atoms with Crippen molar-refractivity contribution >= 4 is 17.6 Å². The SMILES string of the molecule is N#CCC(O)C(O)c1cccc(Cl)c1C(=O)O. The smallest absolute Gasteiger partial charge is 0.337 e. The number of hydrogen-bond donors (Lipinski definition) is 3. The highest BCUT2D eigenvalue weighted by Gasteiger charge is 2.25. The number of carboxylic acids is 1. The van der Waals surface area contributed by atoms with Crippen LogP contribution in [-0.4, -0.2) is 27.4 Å². The summed E-state index contributed by atoms with van der Waals surface area (Å²) < 4.78 is 0. The Kier molecular flexibility index (Phi) is 4.46. The average molecular weight is 256 g/mol. The number of hydrogen-bond acceptors (Lipinski definition) is 4. The van der Waals surface area contributed by atoms with Crippen LogP contribution in [-0.2, 0) is 0 Å². The van der Waals surface area contributed by atoms with E-state index in [9.17, 15) is 15.0 Å². The number of aliphatic hydroxyl groups excluding tert-OH is 2. The molecular weight excluding hydrogens is 246 g/mol. The first-order valence-corrected chi connectivity index (χ1v) is 5.11. The number of aliphatic hydroxyl groups is 2. The van der Waals surface area contributed by atoms with Gasteiger partial charge in [0.2, 0.25) is 0 Å². The summed E-state index contributed by atoms with van der Waals surface area (Å²) in [6.45, 7) is 0. The highest BCUT2D eigenvalue weighted by Crippen LogP contribution is 2.27. The Balaban J connectivity index is 3.18. The van der Waals surface area contributed by atoms with Gasteiger partial charge in [-0.3, -0.25) is 0 Å². The van der Waals surface area contributed by atoms with E-state index in [1.807, 2.05) is 0 Å². The van der Waals surface area contributed by atoms with Gasteiger partial charge in [-0.05, 0) is 11.6 Å². The van der Waals surface area contributed by atoms with E-state index in [1.54, 1.807) is 6.07 Å². The highest BCUT2D eigenvalue weighted by atomic mass is 35.5. The normalized spacial score (nSPS) is 13.8. The van der Waals surface area contributed by atoms with Crippen molar-refractivity contribution in [2.75, 3.05) is 0 Å². The molecule has 0 heterocycles. The number of halogens is 1. The second kappa shape index (κ2) is 5.64. The number of rotatable bonds is 4. The molecule has 0 spiro atoms. The third-order valence-corrected chi connectivity index (χ3v) is 2.56. The fourth-order valence-corrected chi connectivity index (χ4v) is 1.69. The van der Waals surface area contributed by atoms with Crippen molar-refractivity contribution in [3.05, 3.63) is 34.3 Å². The van der Waals surface area contributed by atoms with Crippen LogP contribution in [0.1, 0.15) is 28.4 Å². The van der Waals surface area contributed by atoms with Crippen molar-refractivity contribution in [3.63, 3.8) is 0 Å². The van der Waals surface area contributed by atoms with Crippen molar-refractivity contribution in [2.24, 2.45) is 0 Å². The largest absolute Gasteiger partial charge is 0.478 e. The Hall–Kier alpha value is -1.61. The molecule has 0 saturated carbocycles. The summed E-state index contributed by atoms with van der Waals surface area (Å²) in [4.78, 5) is 11.0. The Morgan fingerprint density at radius 1 is 1.47 bits per heavy atom. The van der Waals surface area contributed by atoms with E-state index in [0.717, 1.165) is 0 Å². The van der Waals surface area contributed by atoms with Crippen molar-refractivity contribution in [2.45, 2.75) is 18.6 Å². The summed E-state index contributed by atoms with van der Waals surface area (Å²) in [5, 5.41) is 36.5. The Morgan fingerprint density at radius 2 is 2.12 bits per heavy atom. The topological polar surface area (TPSA) is 102 Å². The lowest BCUT2D eigenvalue weighted by Gasteiger charge is -2.18. The number of benzene rings is 1. The summed E-state index contributed by atoms with van der Waals surface area (Å²) in [6, 6.07) is 5.88. The number of nitrogens with zero attached hydrogens (tertiary/aromatic N) is 1. The van der Waals surface area contributed by atoms with Crippen LogP contribution in [0, 0.1) is 11.3 Å². The van der Waals surface area contributed by atoms with Crippen molar-refractivity contribution in [1.82, 2.24) is 0 Å². The van der Waals surface area contributed by atoms with E-state index in [1.165, 1.54) is 18.2 Å². The third kappa shape index (κ3) is 2.94.